The van der Waals surface area contributed by atoms with Crippen LogP contribution in [0.4, 0.5) is 4.79 Å². The van der Waals surface area contributed by atoms with E-state index in [4.69, 9.17) is 19.2 Å². The maximum atomic E-state index is 11.9. The van der Waals surface area contributed by atoms with Gasteiger partial charge in [-0.2, -0.15) is 5.10 Å². The number of carbonyl (C=O) groups is 1. The molecule has 219 valence electrons. The van der Waals surface area contributed by atoms with Crippen molar-refractivity contribution in [3.8, 4) is 22.9 Å². The number of hydrogen-bond donors (Lipinski definition) is 0. The summed E-state index contributed by atoms with van der Waals surface area (Å²) in [5.41, 5.74) is 3.89. The van der Waals surface area contributed by atoms with Crippen molar-refractivity contribution < 1.29 is 19.0 Å². The van der Waals surface area contributed by atoms with Gasteiger partial charge in [0.05, 0.1) is 23.4 Å². The molecule has 0 aliphatic carbocycles. The highest BCUT2D eigenvalue weighted by molar-refractivity contribution is 6.55. The monoisotopic (exact) mass is 585 g/mol. The maximum Gasteiger partial charge on any atom is 0.410 e. The van der Waals surface area contributed by atoms with E-state index in [1.54, 1.807) is 12.4 Å². The third-order valence-corrected chi connectivity index (χ3v) is 9.03. The van der Waals surface area contributed by atoms with Crippen LogP contribution in [0, 0.1) is 0 Å². The molecule has 5 heterocycles. The number of aromatic nitrogens is 4. The van der Waals surface area contributed by atoms with Gasteiger partial charge in [-0.05, 0) is 55.3 Å². The summed E-state index contributed by atoms with van der Waals surface area (Å²) in [6.45, 7) is 9.68. The number of cyclic esters (lactones) is 1. The zero-order valence-corrected chi connectivity index (χ0v) is 25.2. The molecule has 1 aromatic carbocycles. The van der Waals surface area contributed by atoms with E-state index in [1.165, 1.54) is 0 Å². The summed E-state index contributed by atoms with van der Waals surface area (Å²) in [5, 5.41) is 5.42. The second kappa shape index (κ2) is 13.0. The summed E-state index contributed by atoms with van der Waals surface area (Å²) in [4.78, 5) is 25.6. The Kier molecular flexibility index (Phi) is 8.78. The smallest absolute Gasteiger partial charge is 0.410 e. The number of carbonyl (C=O) groups excluding carboxylic acids is 1. The molecule has 11 heteroatoms. The summed E-state index contributed by atoms with van der Waals surface area (Å²) in [6, 6.07) is 17.3. The Hall–Kier alpha value is -3.80. The van der Waals surface area contributed by atoms with E-state index in [0.29, 0.717) is 31.5 Å². The highest BCUT2D eigenvalue weighted by Gasteiger charge is 2.32. The number of pyridine rings is 2. The topological polar surface area (TPSA) is 94.8 Å². The van der Waals surface area contributed by atoms with Gasteiger partial charge in [-0.15, -0.1) is 0 Å². The summed E-state index contributed by atoms with van der Waals surface area (Å²) < 4.78 is 18.9. The van der Waals surface area contributed by atoms with E-state index in [1.807, 2.05) is 46.0 Å². The van der Waals surface area contributed by atoms with Gasteiger partial charge in [0.2, 0.25) is 5.88 Å². The van der Waals surface area contributed by atoms with E-state index in [0.717, 1.165) is 73.0 Å². The fourth-order valence-electron chi connectivity index (χ4n) is 5.47. The molecule has 3 aromatic heterocycles. The number of amides is 1. The number of rotatable bonds is 11. The zero-order chi connectivity index (χ0) is 28.9. The van der Waals surface area contributed by atoms with Crippen LogP contribution >= 0.6 is 0 Å². The molecule has 4 aromatic rings. The molecular weight excluding hydrogens is 548 g/mol. The van der Waals surface area contributed by atoms with Gasteiger partial charge < -0.3 is 19.1 Å². The fourth-order valence-corrected chi connectivity index (χ4v) is 6.03. The van der Waals surface area contributed by atoms with Crippen molar-refractivity contribution in [3.63, 3.8) is 0 Å². The lowest BCUT2D eigenvalue weighted by Crippen LogP contribution is -2.45. The Bertz CT molecular complexity index is 1500. The summed E-state index contributed by atoms with van der Waals surface area (Å²) in [5.74, 6) is 1.24. The molecule has 2 saturated heterocycles. The maximum absolute atomic E-state index is 11.9. The minimum Gasteiger partial charge on any atom is -0.448 e. The predicted molar refractivity (Wildman–Crippen MR) is 162 cm³/mol. The predicted octanol–water partition coefficient (Wildman–Crippen LogP) is 5.43. The lowest BCUT2D eigenvalue weighted by molar-refractivity contribution is 0.0801. The number of piperidine rings is 1. The normalized spacial score (nSPS) is 16.5. The van der Waals surface area contributed by atoms with Gasteiger partial charge in [-0.1, -0.05) is 19.2 Å². The molecule has 0 saturated carbocycles. The van der Waals surface area contributed by atoms with Gasteiger partial charge in [0.25, 0.3) is 0 Å². The average Bonchev–Trinajstić information content (AvgIpc) is 3.65. The van der Waals surface area contributed by atoms with Gasteiger partial charge in [-0.3, -0.25) is 9.88 Å². The van der Waals surface area contributed by atoms with Crippen LogP contribution in [0.15, 0.2) is 60.9 Å². The highest BCUT2D eigenvalue weighted by Crippen LogP contribution is 2.27. The van der Waals surface area contributed by atoms with Crippen LogP contribution in [-0.2, 0) is 22.7 Å². The summed E-state index contributed by atoms with van der Waals surface area (Å²) >= 11 is 0. The average molecular weight is 586 g/mol. The molecule has 1 radical (unpaired) electrons. The van der Waals surface area contributed by atoms with Crippen LogP contribution in [0.5, 0.6) is 11.6 Å². The van der Waals surface area contributed by atoms with E-state index in [9.17, 15) is 4.79 Å². The van der Waals surface area contributed by atoms with Crippen LogP contribution in [0.3, 0.4) is 0 Å². The third kappa shape index (κ3) is 6.80. The number of likely N-dealkylation sites (tertiary alicyclic amines) is 1. The molecule has 42 heavy (non-hydrogen) atoms. The van der Waals surface area contributed by atoms with Crippen LogP contribution in [-0.4, -0.2) is 83.3 Å². The van der Waals surface area contributed by atoms with Crippen LogP contribution in [0.2, 0.25) is 19.1 Å². The molecule has 0 atom stereocenters. The summed E-state index contributed by atoms with van der Waals surface area (Å²) in [7, 11) is -0.288. The molecule has 0 N–H and O–H groups in total. The first-order valence-electron chi connectivity index (χ1n) is 14.6. The van der Waals surface area contributed by atoms with Gasteiger partial charge in [0, 0.05) is 70.5 Å². The SMILES string of the molecule is C[Si](C)CCOCn1nccc1-c1ccc(Oc2ccc3nc(CN4CCC(N5CCOC5=O)CC4)ccc3c2)nc1. The number of hydrogen-bond acceptors (Lipinski definition) is 8. The van der Waals surface area contributed by atoms with Crippen molar-refractivity contribution in [2.45, 2.75) is 51.3 Å². The van der Waals surface area contributed by atoms with Crippen molar-refractivity contribution in [1.82, 2.24) is 29.5 Å². The molecule has 1 amide bonds. The molecule has 2 fully saturated rings. The van der Waals surface area contributed by atoms with Gasteiger partial charge in [-0.25, -0.2) is 14.5 Å². The first-order chi connectivity index (χ1) is 20.5. The Balaban J connectivity index is 1.03. The van der Waals surface area contributed by atoms with Crippen LogP contribution < -0.4 is 4.74 Å². The van der Waals surface area contributed by atoms with Crippen molar-refractivity contribution in [2.24, 2.45) is 0 Å². The largest absolute Gasteiger partial charge is 0.448 e. The highest BCUT2D eigenvalue weighted by atomic mass is 28.3. The van der Waals surface area contributed by atoms with Crippen LogP contribution in [0.25, 0.3) is 22.2 Å². The van der Waals surface area contributed by atoms with Crippen molar-refractivity contribution >= 4 is 25.8 Å². The quantitative estimate of drug-likeness (QED) is 0.170. The molecule has 2 aliphatic heterocycles. The Morgan fingerprint density at radius 1 is 1.05 bits per heavy atom. The Morgan fingerprint density at radius 3 is 2.69 bits per heavy atom. The lowest BCUT2D eigenvalue weighted by atomic mass is 10.0. The van der Waals surface area contributed by atoms with Gasteiger partial charge in [0.15, 0.2) is 0 Å². The summed E-state index contributed by atoms with van der Waals surface area (Å²) in [6.07, 6.45) is 5.36. The van der Waals surface area contributed by atoms with Gasteiger partial charge >= 0.3 is 6.09 Å². The molecule has 2 aliphatic rings. The molecule has 6 rings (SSSR count). The zero-order valence-electron chi connectivity index (χ0n) is 24.2. The van der Waals surface area contributed by atoms with E-state index in [-0.39, 0.29) is 20.9 Å². The van der Waals surface area contributed by atoms with Gasteiger partial charge in [0.1, 0.15) is 19.1 Å². The first-order valence-corrected chi connectivity index (χ1v) is 17.3. The third-order valence-electron chi connectivity index (χ3n) is 7.83. The molecule has 10 nitrogen and oxygen atoms in total. The number of ether oxygens (including phenoxy) is 3. The molecular formula is C31H37N6O4Si. The van der Waals surface area contributed by atoms with E-state index in [2.05, 4.69) is 40.2 Å². The molecule has 0 bridgehead atoms. The number of benzene rings is 1. The van der Waals surface area contributed by atoms with Crippen molar-refractivity contribution in [1.29, 1.82) is 0 Å². The number of fused-ring (bicyclic) bond motifs is 1. The minimum absolute atomic E-state index is 0.163. The number of nitrogens with zero attached hydrogens (tertiary/aromatic N) is 6. The van der Waals surface area contributed by atoms with Crippen molar-refractivity contribution in [2.75, 3.05) is 32.8 Å². The van der Waals surface area contributed by atoms with Crippen LogP contribution in [0.1, 0.15) is 18.5 Å². The minimum atomic E-state index is -0.288. The molecule has 0 spiro atoms. The van der Waals surface area contributed by atoms with E-state index < -0.39 is 0 Å². The fraction of sp³-hybridized carbons (Fsp3) is 0.419. The second-order valence-corrected chi connectivity index (χ2v) is 14.1. The van der Waals surface area contributed by atoms with Crippen molar-refractivity contribution in [3.05, 3.63) is 66.6 Å². The first kappa shape index (κ1) is 28.3. The second-order valence-electron chi connectivity index (χ2n) is 11.2. The lowest BCUT2D eigenvalue weighted by Gasteiger charge is -2.35. The molecule has 0 unspecified atom stereocenters. The van der Waals surface area contributed by atoms with E-state index >= 15 is 0 Å². The standard InChI is InChI=1S/C31H37N6O4Si/c1-42(2)18-17-39-22-37-29(9-12-33-37)24-4-8-30(32-20-24)41-27-6-7-28-23(19-27)3-5-25(34-28)21-35-13-10-26(11-14-35)36-15-16-40-31(36)38/h3-9,12,19-20,26H,10-11,13-18,21-22H2,1-2H3. The Labute approximate surface area is 247 Å². The Morgan fingerprint density at radius 2 is 1.93 bits per heavy atom.